The van der Waals surface area contributed by atoms with E-state index >= 15 is 0 Å². The molecule has 0 saturated carbocycles. The summed E-state index contributed by atoms with van der Waals surface area (Å²) >= 11 is 0. The molecule has 2 atom stereocenters. The van der Waals surface area contributed by atoms with Crippen LogP contribution in [0.15, 0.2) is 36.7 Å². The Kier molecular flexibility index (Phi) is 4.82. The van der Waals surface area contributed by atoms with E-state index in [0.717, 1.165) is 51.9 Å². The summed E-state index contributed by atoms with van der Waals surface area (Å²) in [7, 11) is 0. The second-order valence-electron chi connectivity index (χ2n) is 9.28. The molecule has 2 aliphatic rings. The Morgan fingerprint density at radius 3 is 2.66 bits per heavy atom. The first-order valence-electron chi connectivity index (χ1n) is 11.1. The number of imidazole rings is 1. The molecule has 0 spiro atoms. The van der Waals surface area contributed by atoms with Crippen LogP contribution in [0.4, 0.5) is 4.79 Å². The van der Waals surface area contributed by atoms with Crippen LogP contribution in [0.1, 0.15) is 41.2 Å². The number of carbonyl (C=O) groups excluding carboxylic acids is 2. The minimum absolute atomic E-state index is 0.0737. The number of benzene rings is 2. The number of hydrogen-bond donors (Lipinski definition) is 2. The first kappa shape index (κ1) is 20.7. The Morgan fingerprint density at radius 2 is 1.84 bits per heavy atom. The first-order chi connectivity index (χ1) is 15.3. The maximum Gasteiger partial charge on any atom is 0.325 e. The lowest BCUT2D eigenvalue weighted by molar-refractivity contribution is -0.132. The molecule has 2 heterocycles. The Labute approximate surface area is 187 Å². The van der Waals surface area contributed by atoms with Gasteiger partial charge in [-0.05, 0) is 80.0 Å². The van der Waals surface area contributed by atoms with Gasteiger partial charge in [0.2, 0.25) is 0 Å². The minimum Gasteiger partial charge on any atom is -0.389 e. The highest BCUT2D eigenvalue weighted by Gasteiger charge is 2.49. The van der Waals surface area contributed by atoms with Gasteiger partial charge in [-0.1, -0.05) is 18.2 Å². The highest BCUT2D eigenvalue weighted by atomic mass is 16.3. The fraction of sp³-hybridized carbons (Fsp3) is 0.400. The summed E-state index contributed by atoms with van der Waals surface area (Å²) in [5.41, 5.74) is 6.33. The van der Waals surface area contributed by atoms with Crippen molar-refractivity contribution in [1.29, 1.82) is 0 Å². The normalized spacial score (nSPS) is 21.3. The van der Waals surface area contributed by atoms with Gasteiger partial charge in [0.15, 0.2) is 0 Å². The van der Waals surface area contributed by atoms with Gasteiger partial charge in [0.1, 0.15) is 5.54 Å². The van der Waals surface area contributed by atoms with Gasteiger partial charge in [0.05, 0.1) is 36.6 Å². The second kappa shape index (κ2) is 7.45. The number of aliphatic hydroxyl groups excluding tert-OH is 1. The molecule has 2 aromatic carbocycles. The number of carbonyl (C=O) groups is 2. The Morgan fingerprint density at radius 1 is 1.09 bits per heavy atom. The lowest BCUT2D eigenvalue weighted by Crippen LogP contribution is -2.42. The van der Waals surface area contributed by atoms with Gasteiger partial charge in [-0.25, -0.2) is 9.78 Å². The maximum atomic E-state index is 13.3. The molecule has 0 bridgehead atoms. The predicted octanol–water partition coefficient (Wildman–Crippen LogP) is 2.97. The van der Waals surface area contributed by atoms with E-state index < -0.39 is 17.7 Å². The number of fused-ring (bicyclic) bond motifs is 2. The standard InChI is InChI=1S/C25H28N4O3/c1-15-9-21-22(10-16(15)2)28(14-26-21)12-20(30)13-29-23(31)25(3,27-24(29)32)19-8-7-17-5-4-6-18(17)11-19/h7-11,14,20,30H,4-6,12-13H2,1-3H3,(H,27,32)/t20-,25+/m1/s1. The van der Waals surface area contributed by atoms with E-state index in [9.17, 15) is 14.7 Å². The zero-order valence-corrected chi connectivity index (χ0v) is 18.7. The molecule has 0 radical (unpaired) electrons. The molecule has 3 aromatic rings. The average molecular weight is 433 g/mol. The number of nitrogens with one attached hydrogen (secondary N) is 1. The van der Waals surface area contributed by atoms with Gasteiger partial charge in [0, 0.05) is 0 Å². The molecule has 166 valence electrons. The molecule has 7 heteroatoms. The van der Waals surface area contributed by atoms with E-state index in [1.807, 2.05) is 42.7 Å². The van der Waals surface area contributed by atoms with Crippen molar-refractivity contribution in [3.05, 3.63) is 64.5 Å². The number of aryl methyl sites for hydroxylation is 4. The molecule has 3 amide bonds. The van der Waals surface area contributed by atoms with Crippen LogP contribution in [0, 0.1) is 13.8 Å². The molecule has 1 aliphatic heterocycles. The van der Waals surface area contributed by atoms with Gasteiger partial charge in [-0.2, -0.15) is 0 Å². The van der Waals surface area contributed by atoms with E-state index in [4.69, 9.17) is 0 Å². The number of urea groups is 1. The molecule has 2 N–H and O–H groups in total. The van der Waals surface area contributed by atoms with Crippen molar-refractivity contribution in [3.8, 4) is 0 Å². The Hall–Kier alpha value is -3.19. The van der Waals surface area contributed by atoms with Crippen LogP contribution >= 0.6 is 0 Å². The van der Waals surface area contributed by atoms with Crippen LogP contribution in [-0.2, 0) is 29.7 Å². The first-order valence-corrected chi connectivity index (χ1v) is 11.1. The molecule has 1 fully saturated rings. The Bertz CT molecular complexity index is 1250. The second-order valence-corrected chi connectivity index (χ2v) is 9.28. The van der Waals surface area contributed by atoms with Crippen LogP contribution < -0.4 is 5.32 Å². The van der Waals surface area contributed by atoms with Crippen molar-refractivity contribution >= 4 is 23.0 Å². The van der Waals surface area contributed by atoms with Crippen molar-refractivity contribution < 1.29 is 14.7 Å². The summed E-state index contributed by atoms with van der Waals surface area (Å²) < 4.78 is 1.87. The highest BCUT2D eigenvalue weighted by molar-refractivity contribution is 6.07. The molecule has 0 unspecified atom stereocenters. The van der Waals surface area contributed by atoms with E-state index in [1.54, 1.807) is 13.3 Å². The highest BCUT2D eigenvalue weighted by Crippen LogP contribution is 2.32. The van der Waals surface area contributed by atoms with Gasteiger partial charge in [0.25, 0.3) is 5.91 Å². The molecule has 5 rings (SSSR count). The number of aliphatic hydroxyl groups is 1. The van der Waals surface area contributed by atoms with Crippen LogP contribution in [-0.4, -0.2) is 44.1 Å². The van der Waals surface area contributed by atoms with Gasteiger partial charge in [-0.3, -0.25) is 9.69 Å². The fourth-order valence-electron chi connectivity index (χ4n) is 4.90. The summed E-state index contributed by atoms with van der Waals surface area (Å²) in [5.74, 6) is -0.332. The summed E-state index contributed by atoms with van der Waals surface area (Å²) in [6.45, 7) is 5.99. The monoisotopic (exact) mass is 432 g/mol. The van der Waals surface area contributed by atoms with Gasteiger partial charge >= 0.3 is 6.03 Å². The molecule has 1 aliphatic carbocycles. The summed E-state index contributed by atoms with van der Waals surface area (Å²) in [6, 6.07) is 9.63. The fourth-order valence-corrected chi connectivity index (χ4v) is 4.90. The largest absolute Gasteiger partial charge is 0.389 e. The van der Waals surface area contributed by atoms with Crippen LogP contribution in [0.5, 0.6) is 0 Å². The Balaban J connectivity index is 1.34. The zero-order chi connectivity index (χ0) is 22.6. The van der Waals surface area contributed by atoms with Crippen molar-refractivity contribution in [2.45, 2.75) is 58.2 Å². The number of amides is 3. The number of aromatic nitrogens is 2. The number of nitrogens with zero attached hydrogens (tertiary/aromatic N) is 3. The molecule has 1 aromatic heterocycles. The SMILES string of the molecule is Cc1cc2ncn(C[C@@H](O)CN3C(=O)N[C@@](C)(c4ccc5c(c4)CCC5)C3=O)c2cc1C. The minimum atomic E-state index is -1.12. The lowest BCUT2D eigenvalue weighted by Gasteiger charge is -2.24. The van der Waals surface area contributed by atoms with E-state index in [1.165, 1.54) is 11.1 Å². The molecule has 7 nitrogen and oxygen atoms in total. The van der Waals surface area contributed by atoms with Gasteiger partial charge in [-0.15, -0.1) is 0 Å². The van der Waals surface area contributed by atoms with Crippen LogP contribution in [0.25, 0.3) is 11.0 Å². The molecule has 1 saturated heterocycles. The molecular formula is C25H28N4O3. The van der Waals surface area contributed by atoms with Gasteiger partial charge < -0.3 is 15.0 Å². The third-order valence-electron chi connectivity index (χ3n) is 6.99. The molecular weight excluding hydrogens is 404 g/mol. The van der Waals surface area contributed by atoms with E-state index in [0.29, 0.717) is 0 Å². The smallest absolute Gasteiger partial charge is 0.325 e. The summed E-state index contributed by atoms with van der Waals surface area (Å²) in [5, 5.41) is 13.6. The zero-order valence-electron chi connectivity index (χ0n) is 18.7. The maximum absolute atomic E-state index is 13.3. The van der Waals surface area contributed by atoms with Crippen molar-refractivity contribution in [3.63, 3.8) is 0 Å². The third kappa shape index (κ3) is 3.28. The molecule has 32 heavy (non-hydrogen) atoms. The lowest BCUT2D eigenvalue weighted by atomic mass is 9.89. The topological polar surface area (TPSA) is 87.5 Å². The number of rotatable bonds is 5. The number of imide groups is 1. The van der Waals surface area contributed by atoms with Crippen molar-refractivity contribution in [1.82, 2.24) is 19.8 Å². The van der Waals surface area contributed by atoms with Crippen molar-refractivity contribution in [2.24, 2.45) is 0 Å². The van der Waals surface area contributed by atoms with E-state index in [2.05, 4.69) is 16.4 Å². The quantitative estimate of drug-likeness (QED) is 0.607. The predicted molar refractivity (Wildman–Crippen MR) is 121 cm³/mol. The van der Waals surface area contributed by atoms with Crippen molar-refractivity contribution in [2.75, 3.05) is 6.54 Å². The number of hydrogen-bond acceptors (Lipinski definition) is 4. The van der Waals surface area contributed by atoms with Crippen LogP contribution in [0.3, 0.4) is 0 Å². The summed E-state index contributed by atoms with van der Waals surface area (Å²) in [6.07, 6.45) is 3.96. The average Bonchev–Trinajstić information content (AvgIpc) is 3.43. The third-order valence-corrected chi connectivity index (χ3v) is 6.99. The van der Waals surface area contributed by atoms with E-state index in [-0.39, 0.29) is 19.0 Å². The summed E-state index contributed by atoms with van der Waals surface area (Å²) in [4.78, 5) is 31.5. The number of β-amino-alcohol motifs (C(OH)–C–C–N with tert-alkyl or cyclic N) is 1. The van der Waals surface area contributed by atoms with Crippen LogP contribution in [0.2, 0.25) is 0 Å².